The maximum absolute atomic E-state index is 11.2. The SMILES string of the molecule is CC(C)C(N)c1ccc2c(c1)CCC(=O)N2. The van der Waals surface area contributed by atoms with Crippen LogP contribution in [0.15, 0.2) is 18.2 Å². The summed E-state index contributed by atoms with van der Waals surface area (Å²) in [5.74, 6) is 0.532. The number of carbonyl (C=O) groups is 1. The van der Waals surface area contributed by atoms with Gasteiger partial charge in [-0.2, -0.15) is 0 Å². The quantitative estimate of drug-likeness (QED) is 0.799. The van der Waals surface area contributed by atoms with Gasteiger partial charge in [-0.3, -0.25) is 4.79 Å². The van der Waals surface area contributed by atoms with Gasteiger partial charge in [0.1, 0.15) is 0 Å². The molecule has 3 nitrogen and oxygen atoms in total. The van der Waals surface area contributed by atoms with Crippen molar-refractivity contribution in [3.63, 3.8) is 0 Å². The van der Waals surface area contributed by atoms with Gasteiger partial charge in [0.2, 0.25) is 5.91 Å². The minimum absolute atomic E-state index is 0.0722. The topological polar surface area (TPSA) is 55.1 Å². The highest BCUT2D eigenvalue weighted by Gasteiger charge is 2.17. The predicted molar refractivity (Wildman–Crippen MR) is 65.2 cm³/mol. The van der Waals surface area contributed by atoms with Gasteiger partial charge < -0.3 is 11.1 Å². The average molecular weight is 218 g/mol. The first-order valence-corrected chi connectivity index (χ1v) is 5.76. The fourth-order valence-corrected chi connectivity index (χ4v) is 2.00. The van der Waals surface area contributed by atoms with E-state index in [1.807, 2.05) is 12.1 Å². The van der Waals surface area contributed by atoms with Crippen LogP contribution in [0.2, 0.25) is 0 Å². The molecule has 86 valence electrons. The number of hydrogen-bond donors (Lipinski definition) is 2. The molecule has 0 radical (unpaired) electrons. The molecule has 1 amide bonds. The molecule has 1 aliphatic rings. The molecule has 0 saturated carbocycles. The summed E-state index contributed by atoms with van der Waals surface area (Å²) in [7, 11) is 0. The van der Waals surface area contributed by atoms with E-state index in [1.54, 1.807) is 0 Å². The van der Waals surface area contributed by atoms with Gasteiger partial charge in [-0.25, -0.2) is 0 Å². The molecule has 2 rings (SSSR count). The number of fused-ring (bicyclic) bond motifs is 1. The first-order valence-electron chi connectivity index (χ1n) is 5.76. The largest absolute Gasteiger partial charge is 0.326 e. The Morgan fingerprint density at radius 1 is 1.31 bits per heavy atom. The Bertz CT molecular complexity index is 412. The molecular weight excluding hydrogens is 200 g/mol. The molecule has 0 aromatic heterocycles. The Hall–Kier alpha value is -1.35. The third kappa shape index (κ3) is 2.09. The molecule has 16 heavy (non-hydrogen) atoms. The van der Waals surface area contributed by atoms with Gasteiger partial charge >= 0.3 is 0 Å². The van der Waals surface area contributed by atoms with Crippen molar-refractivity contribution in [1.82, 2.24) is 0 Å². The third-order valence-electron chi connectivity index (χ3n) is 3.13. The van der Waals surface area contributed by atoms with Crippen molar-refractivity contribution in [1.29, 1.82) is 0 Å². The summed E-state index contributed by atoms with van der Waals surface area (Å²) in [6, 6.07) is 6.17. The standard InChI is InChI=1S/C13H18N2O/c1-8(2)13(14)10-3-5-11-9(7-10)4-6-12(16)15-11/h3,5,7-8,13H,4,6,14H2,1-2H3,(H,15,16). The highest BCUT2D eigenvalue weighted by atomic mass is 16.1. The number of aryl methyl sites for hydroxylation is 1. The fraction of sp³-hybridized carbons (Fsp3) is 0.462. The summed E-state index contributed by atoms with van der Waals surface area (Å²) in [4.78, 5) is 11.2. The molecule has 1 aromatic carbocycles. The molecule has 1 aliphatic heterocycles. The number of nitrogens with one attached hydrogen (secondary N) is 1. The molecule has 1 atom stereocenters. The van der Waals surface area contributed by atoms with E-state index in [-0.39, 0.29) is 11.9 Å². The number of benzene rings is 1. The smallest absolute Gasteiger partial charge is 0.224 e. The van der Waals surface area contributed by atoms with Crippen molar-refractivity contribution in [3.05, 3.63) is 29.3 Å². The molecule has 3 heteroatoms. The molecule has 0 spiro atoms. The van der Waals surface area contributed by atoms with Crippen molar-refractivity contribution >= 4 is 11.6 Å². The average Bonchev–Trinajstić information content (AvgIpc) is 2.27. The molecule has 3 N–H and O–H groups in total. The second kappa shape index (κ2) is 4.26. The monoisotopic (exact) mass is 218 g/mol. The summed E-state index contributed by atoms with van der Waals surface area (Å²) in [5.41, 5.74) is 9.41. The van der Waals surface area contributed by atoms with Crippen LogP contribution in [0.4, 0.5) is 5.69 Å². The fourth-order valence-electron chi connectivity index (χ4n) is 2.00. The Labute approximate surface area is 96.0 Å². The summed E-state index contributed by atoms with van der Waals surface area (Å²) in [6.07, 6.45) is 1.40. The molecule has 1 aromatic rings. The van der Waals surface area contributed by atoms with Crippen LogP contribution in [-0.4, -0.2) is 5.91 Å². The summed E-state index contributed by atoms with van der Waals surface area (Å²) in [5, 5.41) is 2.88. The third-order valence-corrected chi connectivity index (χ3v) is 3.13. The second-order valence-corrected chi connectivity index (χ2v) is 4.73. The normalized spacial score (nSPS) is 16.9. The van der Waals surface area contributed by atoms with Crippen LogP contribution < -0.4 is 11.1 Å². The second-order valence-electron chi connectivity index (χ2n) is 4.73. The van der Waals surface area contributed by atoms with E-state index in [2.05, 4.69) is 25.2 Å². The number of nitrogens with two attached hydrogens (primary N) is 1. The van der Waals surface area contributed by atoms with Crippen LogP contribution in [-0.2, 0) is 11.2 Å². The Balaban J connectivity index is 2.29. The van der Waals surface area contributed by atoms with E-state index < -0.39 is 0 Å². The van der Waals surface area contributed by atoms with Crippen molar-refractivity contribution < 1.29 is 4.79 Å². The van der Waals surface area contributed by atoms with E-state index in [9.17, 15) is 4.79 Å². The zero-order valence-electron chi connectivity index (χ0n) is 9.79. The van der Waals surface area contributed by atoms with Gasteiger partial charge in [0, 0.05) is 18.2 Å². The van der Waals surface area contributed by atoms with Crippen molar-refractivity contribution in [2.75, 3.05) is 5.32 Å². The Morgan fingerprint density at radius 2 is 2.06 bits per heavy atom. The maximum Gasteiger partial charge on any atom is 0.224 e. The van der Waals surface area contributed by atoms with E-state index in [4.69, 9.17) is 5.73 Å². The highest BCUT2D eigenvalue weighted by molar-refractivity contribution is 5.93. The number of carbonyl (C=O) groups excluding carboxylic acids is 1. The van der Waals surface area contributed by atoms with Crippen LogP contribution >= 0.6 is 0 Å². The molecule has 0 aliphatic carbocycles. The lowest BCUT2D eigenvalue weighted by Crippen LogP contribution is -2.21. The van der Waals surface area contributed by atoms with Gasteiger partial charge in [0.25, 0.3) is 0 Å². The maximum atomic E-state index is 11.2. The summed E-state index contributed by atoms with van der Waals surface area (Å²) < 4.78 is 0. The van der Waals surface area contributed by atoms with Crippen LogP contribution in [0, 0.1) is 5.92 Å². The molecule has 0 saturated heterocycles. The number of anilines is 1. The number of hydrogen-bond acceptors (Lipinski definition) is 2. The van der Waals surface area contributed by atoms with Gasteiger partial charge in [0.05, 0.1) is 0 Å². The van der Waals surface area contributed by atoms with E-state index in [1.165, 1.54) is 5.56 Å². The van der Waals surface area contributed by atoms with Crippen molar-refractivity contribution in [2.45, 2.75) is 32.7 Å². The van der Waals surface area contributed by atoms with Gasteiger partial charge in [-0.1, -0.05) is 26.0 Å². The van der Waals surface area contributed by atoms with Crippen LogP contribution in [0.25, 0.3) is 0 Å². The number of rotatable bonds is 2. The lowest BCUT2D eigenvalue weighted by molar-refractivity contribution is -0.116. The first-order chi connectivity index (χ1) is 7.58. The van der Waals surface area contributed by atoms with Gasteiger partial charge in [-0.05, 0) is 29.5 Å². The number of amides is 1. The lowest BCUT2D eigenvalue weighted by atomic mass is 9.93. The zero-order valence-corrected chi connectivity index (χ0v) is 9.79. The van der Waals surface area contributed by atoms with Gasteiger partial charge in [-0.15, -0.1) is 0 Å². The molecule has 0 fully saturated rings. The summed E-state index contributed by atoms with van der Waals surface area (Å²) in [6.45, 7) is 4.23. The van der Waals surface area contributed by atoms with Crippen LogP contribution in [0.1, 0.15) is 37.4 Å². The predicted octanol–water partition coefficient (Wildman–Crippen LogP) is 2.23. The van der Waals surface area contributed by atoms with E-state index in [0.29, 0.717) is 12.3 Å². The Kier molecular flexibility index (Phi) is 2.97. The lowest BCUT2D eigenvalue weighted by Gasteiger charge is -2.21. The Morgan fingerprint density at radius 3 is 2.75 bits per heavy atom. The minimum atomic E-state index is 0.0722. The van der Waals surface area contributed by atoms with Crippen molar-refractivity contribution in [2.24, 2.45) is 11.7 Å². The van der Waals surface area contributed by atoms with E-state index >= 15 is 0 Å². The molecular formula is C13H18N2O. The minimum Gasteiger partial charge on any atom is -0.326 e. The molecule has 1 heterocycles. The zero-order chi connectivity index (χ0) is 11.7. The summed E-state index contributed by atoms with van der Waals surface area (Å²) >= 11 is 0. The van der Waals surface area contributed by atoms with E-state index in [0.717, 1.165) is 17.7 Å². The molecule has 1 unspecified atom stereocenters. The first kappa shape index (κ1) is 11.1. The van der Waals surface area contributed by atoms with Crippen LogP contribution in [0.3, 0.4) is 0 Å². The highest BCUT2D eigenvalue weighted by Crippen LogP contribution is 2.27. The van der Waals surface area contributed by atoms with Crippen molar-refractivity contribution in [3.8, 4) is 0 Å². The molecule has 0 bridgehead atoms. The van der Waals surface area contributed by atoms with Gasteiger partial charge in [0.15, 0.2) is 0 Å². The van der Waals surface area contributed by atoms with Crippen LogP contribution in [0.5, 0.6) is 0 Å².